The van der Waals surface area contributed by atoms with Crippen molar-refractivity contribution in [3.05, 3.63) is 69.5 Å². The van der Waals surface area contributed by atoms with Crippen LogP contribution in [-0.2, 0) is 34.2 Å². The molecule has 0 saturated carbocycles. The zero-order chi connectivity index (χ0) is 28.4. The van der Waals surface area contributed by atoms with Crippen molar-refractivity contribution in [1.82, 2.24) is 9.78 Å². The molecular formula is C29H31N5O4S2. The van der Waals surface area contributed by atoms with Gasteiger partial charge in [-0.05, 0) is 70.2 Å². The lowest BCUT2D eigenvalue weighted by Gasteiger charge is -2.17. The standard InChI is InChI=1S/C29H31N5O4S2/c1-17(2)38-28(37)25-21-12-8-9-13-23(21)40-26(25)31-24(35)16-39-29-30-22(14-19-15-33(4)32-18(19)3)27(36)34(29)20-10-6-5-7-11-20/h5-7,10-11,14-15,17H,8-9,12-13,16H2,1-4H3,(H,31,35)/b22-14+. The van der Waals surface area contributed by atoms with Crippen LogP contribution in [0.25, 0.3) is 6.08 Å². The molecule has 0 atom stereocenters. The van der Waals surface area contributed by atoms with E-state index in [1.807, 2.05) is 64.3 Å². The largest absolute Gasteiger partial charge is 0.459 e. The van der Waals surface area contributed by atoms with E-state index in [0.717, 1.165) is 47.4 Å². The summed E-state index contributed by atoms with van der Waals surface area (Å²) < 4.78 is 7.19. The van der Waals surface area contributed by atoms with Gasteiger partial charge in [-0.15, -0.1) is 11.3 Å². The number of amidine groups is 1. The van der Waals surface area contributed by atoms with E-state index in [1.165, 1.54) is 28.0 Å². The van der Waals surface area contributed by atoms with E-state index in [9.17, 15) is 14.4 Å². The number of anilines is 2. The number of hydrogen-bond acceptors (Lipinski definition) is 8. The molecule has 11 heteroatoms. The lowest BCUT2D eigenvalue weighted by atomic mass is 9.95. The van der Waals surface area contributed by atoms with Gasteiger partial charge in [0.25, 0.3) is 5.91 Å². The summed E-state index contributed by atoms with van der Waals surface area (Å²) in [5, 5.41) is 8.22. The third-order valence-corrected chi connectivity index (χ3v) is 8.64. The van der Waals surface area contributed by atoms with Gasteiger partial charge >= 0.3 is 5.97 Å². The first kappa shape index (κ1) is 27.9. The Labute approximate surface area is 241 Å². The van der Waals surface area contributed by atoms with E-state index in [2.05, 4.69) is 15.4 Å². The molecule has 0 saturated heterocycles. The fourth-order valence-corrected chi connectivity index (χ4v) is 6.85. The Morgan fingerprint density at radius 3 is 2.65 bits per heavy atom. The minimum absolute atomic E-state index is 0.00980. The minimum Gasteiger partial charge on any atom is -0.459 e. The molecule has 0 fully saturated rings. The third kappa shape index (κ3) is 5.90. The van der Waals surface area contributed by atoms with Crippen LogP contribution in [0.2, 0.25) is 0 Å². The number of carbonyl (C=O) groups excluding carboxylic acids is 3. The number of carbonyl (C=O) groups is 3. The first-order valence-electron chi connectivity index (χ1n) is 13.2. The summed E-state index contributed by atoms with van der Waals surface area (Å²) in [6.07, 6.45) is 7.05. The molecule has 3 heterocycles. The Kier molecular flexibility index (Phi) is 8.22. The number of nitrogens with zero attached hydrogens (tertiary/aromatic N) is 4. The van der Waals surface area contributed by atoms with E-state index >= 15 is 0 Å². The van der Waals surface area contributed by atoms with Crippen molar-refractivity contribution in [3.63, 3.8) is 0 Å². The van der Waals surface area contributed by atoms with Gasteiger partial charge in [0.1, 0.15) is 10.7 Å². The van der Waals surface area contributed by atoms with Gasteiger partial charge in [-0.1, -0.05) is 30.0 Å². The molecule has 2 aliphatic rings. The first-order chi connectivity index (χ1) is 19.2. The monoisotopic (exact) mass is 577 g/mol. The van der Waals surface area contributed by atoms with Crippen LogP contribution in [0, 0.1) is 6.92 Å². The molecule has 0 bridgehead atoms. The van der Waals surface area contributed by atoms with Crippen LogP contribution in [0.1, 0.15) is 58.7 Å². The maximum absolute atomic E-state index is 13.4. The number of thioether (sulfide) groups is 1. The van der Waals surface area contributed by atoms with E-state index < -0.39 is 5.97 Å². The number of fused-ring (bicyclic) bond motifs is 1. The highest BCUT2D eigenvalue weighted by molar-refractivity contribution is 8.14. The number of hydrogen-bond donors (Lipinski definition) is 1. The molecule has 0 unspecified atom stereocenters. The second kappa shape index (κ2) is 11.8. The number of para-hydroxylation sites is 1. The van der Waals surface area contributed by atoms with Gasteiger partial charge in [0.05, 0.1) is 28.8 Å². The maximum atomic E-state index is 13.4. The van der Waals surface area contributed by atoms with Crippen LogP contribution in [0.4, 0.5) is 10.7 Å². The van der Waals surface area contributed by atoms with Crippen LogP contribution in [-0.4, -0.2) is 44.6 Å². The van der Waals surface area contributed by atoms with Crippen LogP contribution in [0.5, 0.6) is 0 Å². The number of nitrogens with one attached hydrogen (secondary N) is 1. The molecule has 1 N–H and O–H groups in total. The summed E-state index contributed by atoms with van der Waals surface area (Å²) in [6.45, 7) is 5.50. The molecule has 2 amide bonds. The number of benzene rings is 1. The van der Waals surface area contributed by atoms with Crippen molar-refractivity contribution in [2.45, 2.75) is 52.6 Å². The van der Waals surface area contributed by atoms with Crippen molar-refractivity contribution < 1.29 is 19.1 Å². The van der Waals surface area contributed by atoms with Gasteiger partial charge in [0.15, 0.2) is 5.17 Å². The molecule has 2 aromatic heterocycles. The van der Waals surface area contributed by atoms with E-state index in [4.69, 9.17) is 4.74 Å². The van der Waals surface area contributed by atoms with Crippen LogP contribution in [0.3, 0.4) is 0 Å². The Hall–Kier alpha value is -3.70. The number of thiophene rings is 1. The molecular weight excluding hydrogens is 546 g/mol. The summed E-state index contributed by atoms with van der Waals surface area (Å²) in [7, 11) is 1.82. The number of rotatable bonds is 7. The number of ether oxygens (including phenoxy) is 1. The van der Waals surface area contributed by atoms with E-state index in [1.54, 1.807) is 10.8 Å². The zero-order valence-electron chi connectivity index (χ0n) is 22.9. The fourth-order valence-electron chi connectivity index (χ4n) is 4.74. The summed E-state index contributed by atoms with van der Waals surface area (Å²) in [5.41, 5.74) is 3.99. The SMILES string of the molecule is Cc1nn(C)cc1/C=C1/N=C(SCC(=O)Nc2sc3c(c2C(=O)OC(C)C)CCCC3)N(c2ccccc2)C1=O. The molecule has 40 heavy (non-hydrogen) atoms. The maximum Gasteiger partial charge on any atom is 0.341 e. The zero-order valence-corrected chi connectivity index (χ0v) is 24.5. The van der Waals surface area contributed by atoms with Crippen LogP contribution < -0.4 is 10.2 Å². The molecule has 3 aromatic rings. The Bertz CT molecular complexity index is 1520. The number of aliphatic imine (C=N–C) groups is 1. The molecule has 1 aliphatic heterocycles. The molecule has 1 aliphatic carbocycles. The van der Waals surface area contributed by atoms with E-state index in [0.29, 0.717) is 21.4 Å². The molecule has 1 aromatic carbocycles. The number of amides is 2. The topological polar surface area (TPSA) is 106 Å². The van der Waals surface area contributed by atoms with Crippen molar-refractivity contribution in [2.75, 3.05) is 16.0 Å². The van der Waals surface area contributed by atoms with Gasteiger partial charge < -0.3 is 10.1 Å². The Morgan fingerprint density at radius 2 is 1.95 bits per heavy atom. The average Bonchev–Trinajstić information content (AvgIpc) is 3.54. The number of aromatic nitrogens is 2. The first-order valence-corrected chi connectivity index (χ1v) is 15.0. The summed E-state index contributed by atoms with van der Waals surface area (Å²) in [6, 6.07) is 9.23. The lowest BCUT2D eigenvalue weighted by Crippen LogP contribution is -2.31. The summed E-state index contributed by atoms with van der Waals surface area (Å²) in [5.74, 6) is -0.956. The fraction of sp³-hybridized carbons (Fsp3) is 0.345. The van der Waals surface area contributed by atoms with Crippen molar-refractivity contribution in [2.24, 2.45) is 12.0 Å². The van der Waals surface area contributed by atoms with Gasteiger partial charge in [-0.2, -0.15) is 5.10 Å². The highest BCUT2D eigenvalue weighted by Crippen LogP contribution is 2.39. The van der Waals surface area contributed by atoms with Gasteiger partial charge in [0, 0.05) is 23.7 Å². The molecule has 0 spiro atoms. The van der Waals surface area contributed by atoms with Crippen LogP contribution in [0.15, 0.2) is 47.2 Å². The van der Waals surface area contributed by atoms with Crippen molar-refractivity contribution in [1.29, 1.82) is 0 Å². The predicted molar refractivity (Wildman–Crippen MR) is 160 cm³/mol. The van der Waals surface area contributed by atoms with Crippen molar-refractivity contribution in [3.8, 4) is 0 Å². The van der Waals surface area contributed by atoms with Gasteiger partial charge in [-0.25, -0.2) is 9.79 Å². The molecule has 9 nitrogen and oxygen atoms in total. The van der Waals surface area contributed by atoms with Crippen LogP contribution >= 0.6 is 23.1 Å². The van der Waals surface area contributed by atoms with Gasteiger partial charge in [-0.3, -0.25) is 19.2 Å². The molecule has 0 radical (unpaired) electrons. The molecule has 5 rings (SSSR count). The summed E-state index contributed by atoms with van der Waals surface area (Å²) >= 11 is 2.62. The Morgan fingerprint density at radius 1 is 1.20 bits per heavy atom. The highest BCUT2D eigenvalue weighted by Gasteiger charge is 2.33. The average molecular weight is 578 g/mol. The second-order valence-corrected chi connectivity index (χ2v) is 12.0. The highest BCUT2D eigenvalue weighted by atomic mass is 32.2. The number of aryl methyl sites for hydroxylation is 3. The predicted octanol–water partition coefficient (Wildman–Crippen LogP) is 5.35. The summed E-state index contributed by atoms with van der Waals surface area (Å²) in [4.78, 5) is 46.8. The Balaban J connectivity index is 1.37. The quantitative estimate of drug-likeness (QED) is 0.300. The van der Waals surface area contributed by atoms with Gasteiger partial charge in [0.2, 0.25) is 5.91 Å². The number of esters is 1. The third-order valence-electron chi connectivity index (χ3n) is 6.49. The van der Waals surface area contributed by atoms with E-state index in [-0.39, 0.29) is 29.4 Å². The molecule has 208 valence electrons. The van der Waals surface area contributed by atoms with Crippen molar-refractivity contribution >= 4 is 62.8 Å². The lowest BCUT2D eigenvalue weighted by molar-refractivity contribution is -0.114. The normalized spacial score (nSPS) is 15.9. The second-order valence-electron chi connectivity index (χ2n) is 9.95. The minimum atomic E-state index is -0.404. The smallest absolute Gasteiger partial charge is 0.341 e.